The molecule has 0 spiro atoms. The maximum atomic E-state index is 10.1. The number of aryl methyl sites for hydroxylation is 1. The fourth-order valence-electron chi connectivity index (χ4n) is 1.98. The summed E-state index contributed by atoms with van der Waals surface area (Å²) in [5, 5.41) is 18.3. The number of hydrogen-bond donors (Lipinski definition) is 1. The quantitative estimate of drug-likeness (QED) is 0.686. The minimum Gasteiger partial charge on any atom is -0.497 e. The van der Waals surface area contributed by atoms with E-state index < -0.39 is 0 Å². The number of aromatic nitrogens is 2. The summed E-state index contributed by atoms with van der Waals surface area (Å²) in [5.41, 5.74) is 2.62. The van der Waals surface area contributed by atoms with Gasteiger partial charge in [-0.25, -0.2) is 4.68 Å². The average molecular weight is 275 g/mol. The summed E-state index contributed by atoms with van der Waals surface area (Å²) in [6.45, 7) is 1.76. The van der Waals surface area contributed by atoms with E-state index in [1.165, 1.54) is 11.8 Å². The lowest BCUT2D eigenvalue weighted by atomic mass is 10.0. The highest BCUT2D eigenvalue weighted by Gasteiger charge is 2.20. The number of oxime groups is 1. The van der Waals surface area contributed by atoms with Crippen LogP contribution in [0.15, 0.2) is 29.4 Å². The molecule has 0 fully saturated rings. The van der Waals surface area contributed by atoms with Gasteiger partial charge in [0.1, 0.15) is 18.6 Å². The van der Waals surface area contributed by atoms with Crippen LogP contribution in [-0.2, 0) is 11.9 Å². The van der Waals surface area contributed by atoms with Gasteiger partial charge in [-0.3, -0.25) is 0 Å². The lowest BCUT2D eigenvalue weighted by Crippen LogP contribution is -1.97. The first kappa shape index (κ1) is 13.9. The Morgan fingerprint density at radius 3 is 2.45 bits per heavy atom. The van der Waals surface area contributed by atoms with Crippen molar-refractivity contribution in [3.63, 3.8) is 0 Å². The van der Waals surface area contributed by atoms with Crippen LogP contribution in [0.2, 0.25) is 0 Å². The number of aromatic hydroxyl groups is 1. The third kappa shape index (κ3) is 2.45. The predicted molar refractivity (Wildman–Crippen MR) is 76.1 cm³/mol. The number of benzene rings is 1. The zero-order valence-electron chi connectivity index (χ0n) is 11.9. The van der Waals surface area contributed by atoms with Gasteiger partial charge in [0, 0.05) is 12.6 Å². The van der Waals surface area contributed by atoms with Crippen molar-refractivity contribution in [1.29, 1.82) is 0 Å². The molecule has 0 aliphatic heterocycles. The van der Waals surface area contributed by atoms with Crippen molar-refractivity contribution in [3.8, 4) is 22.9 Å². The lowest BCUT2D eigenvalue weighted by Gasteiger charge is -2.04. The first-order valence-corrected chi connectivity index (χ1v) is 6.07. The second-order valence-corrected chi connectivity index (χ2v) is 4.26. The molecule has 0 aliphatic rings. The van der Waals surface area contributed by atoms with Gasteiger partial charge in [-0.05, 0) is 31.2 Å². The molecule has 2 aromatic rings. The van der Waals surface area contributed by atoms with E-state index >= 15 is 0 Å². The summed E-state index contributed by atoms with van der Waals surface area (Å²) in [5.74, 6) is 0.812. The monoisotopic (exact) mass is 275 g/mol. The maximum Gasteiger partial charge on any atom is 0.219 e. The van der Waals surface area contributed by atoms with Crippen LogP contribution >= 0.6 is 0 Å². The van der Waals surface area contributed by atoms with E-state index in [0.29, 0.717) is 17.0 Å². The van der Waals surface area contributed by atoms with E-state index in [0.717, 1.165) is 11.3 Å². The largest absolute Gasteiger partial charge is 0.497 e. The molecular formula is C14H17N3O3. The molecule has 0 amide bonds. The minimum absolute atomic E-state index is 0.0501. The number of nitrogens with zero attached hydrogens (tertiary/aromatic N) is 3. The van der Waals surface area contributed by atoms with Crippen LogP contribution in [0.3, 0.4) is 0 Å². The third-order valence-electron chi connectivity index (χ3n) is 2.97. The Labute approximate surface area is 117 Å². The van der Waals surface area contributed by atoms with Gasteiger partial charge >= 0.3 is 0 Å². The molecule has 0 bridgehead atoms. The van der Waals surface area contributed by atoms with Crippen molar-refractivity contribution in [3.05, 3.63) is 29.8 Å². The second-order valence-electron chi connectivity index (χ2n) is 4.26. The fraction of sp³-hybridized carbons (Fsp3) is 0.286. The molecule has 0 atom stereocenters. The molecule has 20 heavy (non-hydrogen) atoms. The number of methoxy groups -OCH3 is 1. The van der Waals surface area contributed by atoms with Gasteiger partial charge < -0.3 is 14.7 Å². The number of hydrogen-bond acceptors (Lipinski definition) is 5. The zero-order valence-corrected chi connectivity index (χ0v) is 11.9. The molecule has 0 radical (unpaired) electrons. The first-order valence-electron chi connectivity index (χ1n) is 6.07. The molecule has 0 aliphatic carbocycles. The maximum absolute atomic E-state index is 10.1. The van der Waals surface area contributed by atoms with Crippen molar-refractivity contribution in [2.75, 3.05) is 14.2 Å². The Morgan fingerprint density at radius 1 is 1.25 bits per heavy atom. The van der Waals surface area contributed by atoms with Crippen LogP contribution in [-0.4, -0.2) is 34.8 Å². The van der Waals surface area contributed by atoms with Crippen molar-refractivity contribution in [1.82, 2.24) is 9.78 Å². The Bertz CT molecular complexity index is 630. The van der Waals surface area contributed by atoms with Gasteiger partial charge in [-0.2, -0.15) is 5.10 Å². The average Bonchev–Trinajstić information content (AvgIpc) is 2.75. The standard InChI is InChI=1S/C14H17N3O3/c1-9(16-20-4)12-13(15-17(2)14(12)18)10-5-7-11(19-3)8-6-10/h5-8,18H,1-4H3. The number of ether oxygens (including phenoxy) is 1. The molecule has 1 aromatic heterocycles. The topological polar surface area (TPSA) is 68.9 Å². The van der Waals surface area contributed by atoms with Crippen molar-refractivity contribution in [2.45, 2.75) is 6.92 Å². The van der Waals surface area contributed by atoms with Crippen LogP contribution in [0.4, 0.5) is 0 Å². The highest BCUT2D eigenvalue weighted by molar-refractivity contribution is 6.05. The van der Waals surface area contributed by atoms with Crippen molar-refractivity contribution >= 4 is 5.71 Å². The van der Waals surface area contributed by atoms with E-state index in [-0.39, 0.29) is 5.88 Å². The Morgan fingerprint density at radius 2 is 1.90 bits per heavy atom. The molecule has 0 saturated carbocycles. The summed E-state index contributed by atoms with van der Waals surface area (Å²) < 4.78 is 6.54. The third-order valence-corrected chi connectivity index (χ3v) is 2.97. The van der Waals surface area contributed by atoms with Crippen LogP contribution in [0.5, 0.6) is 11.6 Å². The molecule has 6 heteroatoms. The summed E-state index contributed by atoms with van der Waals surface area (Å²) >= 11 is 0. The molecule has 106 valence electrons. The molecular weight excluding hydrogens is 258 g/mol. The van der Waals surface area contributed by atoms with E-state index in [4.69, 9.17) is 9.57 Å². The van der Waals surface area contributed by atoms with Crippen molar-refractivity contribution in [2.24, 2.45) is 12.2 Å². The van der Waals surface area contributed by atoms with E-state index in [1.807, 2.05) is 24.3 Å². The Kier molecular flexibility index (Phi) is 3.93. The normalized spacial score (nSPS) is 11.5. The smallest absolute Gasteiger partial charge is 0.219 e. The van der Waals surface area contributed by atoms with Crippen LogP contribution < -0.4 is 4.74 Å². The van der Waals surface area contributed by atoms with Gasteiger partial charge in [-0.15, -0.1) is 0 Å². The predicted octanol–water partition coefficient (Wildman–Crippen LogP) is 2.17. The van der Waals surface area contributed by atoms with Gasteiger partial charge in [0.25, 0.3) is 0 Å². The highest BCUT2D eigenvalue weighted by atomic mass is 16.6. The van der Waals surface area contributed by atoms with Gasteiger partial charge in [0.2, 0.25) is 5.88 Å². The van der Waals surface area contributed by atoms with Gasteiger partial charge in [-0.1, -0.05) is 5.16 Å². The highest BCUT2D eigenvalue weighted by Crippen LogP contribution is 2.30. The first-order chi connectivity index (χ1) is 9.58. The number of rotatable bonds is 4. The SMILES string of the molecule is CON=C(C)c1c(-c2ccc(OC)cc2)nn(C)c1O. The van der Waals surface area contributed by atoms with Gasteiger partial charge in [0.05, 0.1) is 18.4 Å². The molecule has 1 heterocycles. The van der Waals surface area contributed by atoms with Crippen molar-refractivity contribution < 1.29 is 14.7 Å². The summed E-state index contributed by atoms with van der Waals surface area (Å²) in [6.07, 6.45) is 0. The minimum atomic E-state index is 0.0501. The van der Waals surface area contributed by atoms with Crippen LogP contribution in [0, 0.1) is 0 Å². The zero-order chi connectivity index (χ0) is 14.7. The molecule has 2 rings (SSSR count). The summed E-state index contributed by atoms with van der Waals surface area (Å²) in [4.78, 5) is 4.77. The molecule has 0 unspecified atom stereocenters. The van der Waals surface area contributed by atoms with E-state index in [2.05, 4.69) is 10.3 Å². The summed E-state index contributed by atoms with van der Waals surface area (Å²) in [6, 6.07) is 7.44. The Hall–Kier alpha value is -2.50. The second kappa shape index (κ2) is 5.64. The van der Waals surface area contributed by atoms with Gasteiger partial charge in [0.15, 0.2) is 0 Å². The van der Waals surface area contributed by atoms with E-state index in [1.54, 1.807) is 21.1 Å². The van der Waals surface area contributed by atoms with Crippen LogP contribution in [0.1, 0.15) is 12.5 Å². The van der Waals surface area contributed by atoms with Crippen LogP contribution in [0.25, 0.3) is 11.3 Å². The lowest BCUT2D eigenvalue weighted by molar-refractivity contribution is 0.213. The molecule has 1 N–H and O–H groups in total. The molecule has 0 saturated heterocycles. The van der Waals surface area contributed by atoms with E-state index in [9.17, 15) is 5.11 Å². The molecule has 6 nitrogen and oxygen atoms in total. The summed E-state index contributed by atoms with van der Waals surface area (Å²) in [7, 11) is 4.75. The fourth-order valence-corrected chi connectivity index (χ4v) is 1.98. The molecule has 1 aromatic carbocycles. The Balaban J connectivity index is 2.55.